The number of alkyl halides is 1. The predicted molar refractivity (Wildman–Crippen MR) is 76.8 cm³/mol. The van der Waals surface area contributed by atoms with Gasteiger partial charge < -0.3 is 9.47 Å². The Kier molecular flexibility index (Phi) is 4.50. The highest BCUT2D eigenvalue weighted by Gasteiger charge is 2.02. The van der Waals surface area contributed by atoms with Gasteiger partial charge in [0.2, 0.25) is 0 Å². The molecule has 0 aliphatic heterocycles. The van der Waals surface area contributed by atoms with Crippen molar-refractivity contribution in [2.75, 3.05) is 7.11 Å². The maximum atomic E-state index is 5.79. The Bertz CT molecular complexity index is 526. The molecule has 0 spiro atoms. The van der Waals surface area contributed by atoms with E-state index in [0.29, 0.717) is 5.88 Å². The second-order valence-corrected chi connectivity index (χ2v) is 4.79. The van der Waals surface area contributed by atoms with E-state index in [1.54, 1.807) is 7.11 Å². The van der Waals surface area contributed by atoms with E-state index in [1.807, 2.05) is 42.5 Å². The average molecular weight is 328 g/mol. The van der Waals surface area contributed by atoms with Crippen molar-refractivity contribution < 1.29 is 9.47 Å². The molecule has 0 aliphatic rings. The van der Waals surface area contributed by atoms with Crippen LogP contribution in [0, 0.1) is 0 Å². The molecule has 0 bridgehead atoms. The quantitative estimate of drug-likeness (QED) is 0.737. The molecule has 2 aromatic rings. The molecular formula is C14H12BrClO2. The Morgan fingerprint density at radius 1 is 1.00 bits per heavy atom. The summed E-state index contributed by atoms with van der Waals surface area (Å²) in [7, 11) is 1.64. The number of hydrogen-bond donors (Lipinski definition) is 0. The Balaban J connectivity index is 2.15. The minimum atomic E-state index is 0.476. The number of benzene rings is 2. The molecule has 18 heavy (non-hydrogen) atoms. The van der Waals surface area contributed by atoms with Gasteiger partial charge in [0.15, 0.2) is 0 Å². The molecule has 0 atom stereocenters. The lowest BCUT2D eigenvalue weighted by molar-refractivity contribution is 0.413. The largest absolute Gasteiger partial charge is 0.497 e. The summed E-state index contributed by atoms with van der Waals surface area (Å²) >= 11 is 9.25. The van der Waals surface area contributed by atoms with Crippen molar-refractivity contribution in [3.05, 3.63) is 52.5 Å². The normalized spacial score (nSPS) is 10.2. The smallest absolute Gasteiger partial charge is 0.128 e. The van der Waals surface area contributed by atoms with Gasteiger partial charge in [-0.3, -0.25) is 0 Å². The second-order valence-electron chi connectivity index (χ2n) is 3.66. The van der Waals surface area contributed by atoms with Gasteiger partial charge in [0, 0.05) is 10.4 Å². The Morgan fingerprint density at radius 2 is 1.61 bits per heavy atom. The monoisotopic (exact) mass is 326 g/mol. The average Bonchev–Trinajstić information content (AvgIpc) is 2.40. The van der Waals surface area contributed by atoms with Gasteiger partial charge in [-0.1, -0.05) is 22.0 Å². The van der Waals surface area contributed by atoms with Gasteiger partial charge in [-0.2, -0.15) is 0 Å². The fourth-order valence-corrected chi connectivity index (χ4v) is 2.37. The minimum absolute atomic E-state index is 0.476. The van der Waals surface area contributed by atoms with Crippen molar-refractivity contribution in [2.24, 2.45) is 0 Å². The van der Waals surface area contributed by atoms with E-state index in [0.717, 1.165) is 27.3 Å². The zero-order chi connectivity index (χ0) is 13.0. The Morgan fingerprint density at radius 3 is 2.17 bits per heavy atom. The second kappa shape index (κ2) is 6.12. The lowest BCUT2D eigenvalue weighted by atomic mass is 10.2. The SMILES string of the molecule is COc1ccc(Oc2ccc(CCl)c(Br)c2)cc1. The highest BCUT2D eigenvalue weighted by molar-refractivity contribution is 9.10. The van der Waals surface area contributed by atoms with E-state index in [-0.39, 0.29) is 0 Å². The predicted octanol–water partition coefficient (Wildman–Crippen LogP) is 4.99. The molecule has 0 amide bonds. The van der Waals surface area contributed by atoms with Crippen molar-refractivity contribution >= 4 is 27.5 Å². The first-order valence-corrected chi connectivity index (χ1v) is 6.72. The van der Waals surface area contributed by atoms with Gasteiger partial charge in [0.25, 0.3) is 0 Å². The zero-order valence-electron chi connectivity index (χ0n) is 9.82. The van der Waals surface area contributed by atoms with Gasteiger partial charge in [-0.15, -0.1) is 11.6 Å². The van der Waals surface area contributed by atoms with E-state index in [9.17, 15) is 0 Å². The molecule has 0 radical (unpaired) electrons. The molecule has 94 valence electrons. The summed E-state index contributed by atoms with van der Waals surface area (Å²) in [6, 6.07) is 13.2. The van der Waals surface area contributed by atoms with Crippen LogP contribution in [-0.2, 0) is 5.88 Å². The van der Waals surface area contributed by atoms with Crippen LogP contribution < -0.4 is 9.47 Å². The van der Waals surface area contributed by atoms with E-state index in [2.05, 4.69) is 15.9 Å². The first kappa shape index (κ1) is 13.2. The molecule has 0 saturated carbocycles. The van der Waals surface area contributed by atoms with Crippen LogP contribution in [0.25, 0.3) is 0 Å². The highest BCUT2D eigenvalue weighted by Crippen LogP contribution is 2.28. The summed E-state index contributed by atoms with van der Waals surface area (Å²) in [5.74, 6) is 2.81. The summed E-state index contributed by atoms with van der Waals surface area (Å²) in [6.07, 6.45) is 0. The third-order valence-electron chi connectivity index (χ3n) is 2.46. The first-order chi connectivity index (χ1) is 8.72. The minimum Gasteiger partial charge on any atom is -0.497 e. The summed E-state index contributed by atoms with van der Waals surface area (Å²) in [5, 5.41) is 0. The van der Waals surface area contributed by atoms with Crippen LogP contribution in [-0.4, -0.2) is 7.11 Å². The van der Waals surface area contributed by atoms with Crippen LogP contribution in [0.1, 0.15) is 5.56 Å². The van der Waals surface area contributed by atoms with Gasteiger partial charge in [-0.05, 0) is 42.0 Å². The topological polar surface area (TPSA) is 18.5 Å². The van der Waals surface area contributed by atoms with E-state index in [4.69, 9.17) is 21.1 Å². The standard InChI is InChI=1S/C14H12BrClO2/c1-17-11-4-6-12(7-5-11)18-13-3-2-10(9-16)14(15)8-13/h2-8H,9H2,1H3. The fraction of sp³-hybridized carbons (Fsp3) is 0.143. The van der Waals surface area contributed by atoms with E-state index >= 15 is 0 Å². The highest BCUT2D eigenvalue weighted by atomic mass is 79.9. The van der Waals surface area contributed by atoms with Crippen LogP contribution in [0.3, 0.4) is 0 Å². The van der Waals surface area contributed by atoms with Crippen LogP contribution in [0.2, 0.25) is 0 Å². The van der Waals surface area contributed by atoms with Crippen LogP contribution >= 0.6 is 27.5 Å². The van der Waals surface area contributed by atoms with Crippen molar-refractivity contribution in [1.29, 1.82) is 0 Å². The number of hydrogen-bond acceptors (Lipinski definition) is 2. The molecule has 0 aromatic heterocycles. The number of methoxy groups -OCH3 is 1. The molecular weight excluding hydrogens is 316 g/mol. The van der Waals surface area contributed by atoms with Gasteiger partial charge >= 0.3 is 0 Å². The molecule has 0 fully saturated rings. The summed E-state index contributed by atoms with van der Waals surface area (Å²) in [4.78, 5) is 0. The summed E-state index contributed by atoms with van der Waals surface area (Å²) < 4.78 is 11.8. The number of ether oxygens (including phenoxy) is 2. The third kappa shape index (κ3) is 3.18. The van der Waals surface area contributed by atoms with Crippen molar-refractivity contribution in [3.8, 4) is 17.2 Å². The molecule has 0 saturated heterocycles. The van der Waals surface area contributed by atoms with Crippen LogP contribution in [0.4, 0.5) is 0 Å². The van der Waals surface area contributed by atoms with Crippen molar-refractivity contribution in [2.45, 2.75) is 5.88 Å². The Labute approximate surface area is 120 Å². The van der Waals surface area contributed by atoms with Crippen LogP contribution in [0.15, 0.2) is 46.9 Å². The maximum Gasteiger partial charge on any atom is 0.128 e. The molecule has 0 heterocycles. The number of rotatable bonds is 4. The van der Waals surface area contributed by atoms with Crippen molar-refractivity contribution in [3.63, 3.8) is 0 Å². The van der Waals surface area contributed by atoms with Gasteiger partial charge in [0.05, 0.1) is 7.11 Å². The maximum absolute atomic E-state index is 5.79. The van der Waals surface area contributed by atoms with E-state index < -0.39 is 0 Å². The molecule has 0 aliphatic carbocycles. The van der Waals surface area contributed by atoms with Gasteiger partial charge in [-0.25, -0.2) is 0 Å². The lowest BCUT2D eigenvalue weighted by Crippen LogP contribution is -1.87. The molecule has 0 N–H and O–H groups in total. The number of halogens is 2. The van der Waals surface area contributed by atoms with E-state index in [1.165, 1.54) is 0 Å². The molecule has 2 rings (SSSR count). The molecule has 2 aromatic carbocycles. The molecule has 0 unspecified atom stereocenters. The summed E-state index contributed by atoms with van der Waals surface area (Å²) in [5.41, 5.74) is 1.04. The zero-order valence-corrected chi connectivity index (χ0v) is 12.2. The molecule has 2 nitrogen and oxygen atoms in total. The Hall–Kier alpha value is -1.19. The lowest BCUT2D eigenvalue weighted by Gasteiger charge is -2.08. The van der Waals surface area contributed by atoms with Crippen molar-refractivity contribution in [1.82, 2.24) is 0 Å². The van der Waals surface area contributed by atoms with Gasteiger partial charge in [0.1, 0.15) is 17.2 Å². The first-order valence-electron chi connectivity index (χ1n) is 5.39. The molecule has 4 heteroatoms. The fourth-order valence-electron chi connectivity index (χ4n) is 1.48. The summed E-state index contributed by atoms with van der Waals surface area (Å²) in [6.45, 7) is 0. The van der Waals surface area contributed by atoms with Crippen LogP contribution in [0.5, 0.6) is 17.2 Å². The third-order valence-corrected chi connectivity index (χ3v) is 3.49.